The molecule has 30 heavy (non-hydrogen) atoms. The molecular formula is C21H31F3IN3O2. The molecule has 2 rings (SSSR count). The lowest BCUT2D eigenvalue weighted by Crippen LogP contribution is -2.47. The number of ether oxygens (including phenoxy) is 1. The number of rotatable bonds is 5. The smallest absolute Gasteiger partial charge is 0.416 e. The number of nitrogens with zero attached hydrogens (tertiary/aromatic N) is 2. The molecule has 5 nitrogen and oxygen atoms in total. The summed E-state index contributed by atoms with van der Waals surface area (Å²) in [7, 11) is 1.40. The molecule has 1 fully saturated rings. The van der Waals surface area contributed by atoms with E-state index >= 15 is 0 Å². The molecule has 1 saturated heterocycles. The normalized spacial score (nSPS) is 16.1. The lowest BCUT2D eigenvalue weighted by Gasteiger charge is -2.34. The molecule has 1 heterocycles. The molecule has 1 aliphatic heterocycles. The second-order valence-corrected chi connectivity index (χ2v) is 7.92. The van der Waals surface area contributed by atoms with E-state index in [1.165, 1.54) is 19.2 Å². The molecule has 9 heteroatoms. The van der Waals surface area contributed by atoms with Gasteiger partial charge < -0.3 is 15.0 Å². The van der Waals surface area contributed by atoms with Crippen LogP contribution in [0.25, 0.3) is 0 Å². The molecule has 0 bridgehead atoms. The van der Waals surface area contributed by atoms with E-state index < -0.39 is 17.2 Å². The summed E-state index contributed by atoms with van der Waals surface area (Å²) < 4.78 is 44.0. The second-order valence-electron chi connectivity index (χ2n) is 7.92. The number of hydrogen-bond donors (Lipinski definition) is 1. The molecule has 0 aliphatic carbocycles. The highest BCUT2D eigenvalue weighted by molar-refractivity contribution is 14.0. The number of benzene rings is 1. The number of hydrogen-bond acceptors (Lipinski definition) is 3. The topological polar surface area (TPSA) is 53.9 Å². The first-order valence-electron chi connectivity index (χ1n) is 9.87. The number of guanidine groups is 1. The predicted octanol–water partition coefficient (Wildman–Crippen LogP) is 4.45. The summed E-state index contributed by atoms with van der Waals surface area (Å²) in [4.78, 5) is 18.5. The summed E-state index contributed by atoms with van der Waals surface area (Å²) in [6.45, 7) is 8.12. The van der Waals surface area contributed by atoms with Crippen molar-refractivity contribution in [1.82, 2.24) is 10.2 Å². The maximum Gasteiger partial charge on any atom is 0.416 e. The van der Waals surface area contributed by atoms with E-state index in [1.807, 2.05) is 20.8 Å². The Morgan fingerprint density at radius 1 is 1.23 bits per heavy atom. The Labute approximate surface area is 193 Å². The van der Waals surface area contributed by atoms with Gasteiger partial charge in [0.15, 0.2) is 5.96 Å². The third kappa shape index (κ3) is 7.02. The van der Waals surface area contributed by atoms with Crippen molar-refractivity contribution in [3.8, 4) is 0 Å². The lowest BCUT2D eigenvalue weighted by molar-refractivity contribution is -0.146. The van der Waals surface area contributed by atoms with Crippen LogP contribution in [-0.2, 0) is 21.1 Å². The van der Waals surface area contributed by atoms with Gasteiger partial charge >= 0.3 is 12.1 Å². The fourth-order valence-electron chi connectivity index (χ4n) is 3.40. The minimum Gasteiger partial charge on any atom is -0.469 e. The third-order valence-electron chi connectivity index (χ3n) is 5.26. The van der Waals surface area contributed by atoms with Crippen LogP contribution < -0.4 is 5.32 Å². The fraction of sp³-hybridized carbons (Fsp3) is 0.619. The van der Waals surface area contributed by atoms with Crippen LogP contribution in [0.2, 0.25) is 0 Å². The van der Waals surface area contributed by atoms with Gasteiger partial charge in [-0.15, -0.1) is 24.0 Å². The summed E-state index contributed by atoms with van der Waals surface area (Å²) in [5.41, 5.74) is -0.619. The Balaban J connectivity index is 0.00000450. The average Bonchev–Trinajstić information content (AvgIpc) is 2.70. The molecule has 1 aliphatic rings. The highest BCUT2D eigenvalue weighted by Crippen LogP contribution is 2.33. The average molecular weight is 541 g/mol. The predicted molar refractivity (Wildman–Crippen MR) is 122 cm³/mol. The number of carbonyl (C=O) groups is 1. The molecule has 0 spiro atoms. The molecule has 0 saturated carbocycles. The summed E-state index contributed by atoms with van der Waals surface area (Å²) in [6, 6.07) is 5.43. The number of methoxy groups -OCH3 is 1. The van der Waals surface area contributed by atoms with Crippen molar-refractivity contribution in [2.24, 2.45) is 10.9 Å². The van der Waals surface area contributed by atoms with E-state index in [0.717, 1.165) is 12.0 Å². The van der Waals surface area contributed by atoms with Crippen LogP contribution >= 0.6 is 24.0 Å². The minimum atomic E-state index is -4.37. The van der Waals surface area contributed by atoms with Crippen LogP contribution in [0.1, 0.15) is 44.7 Å². The summed E-state index contributed by atoms with van der Waals surface area (Å²) >= 11 is 0. The van der Waals surface area contributed by atoms with Gasteiger partial charge in [0.1, 0.15) is 0 Å². The Kier molecular flexibility index (Phi) is 9.90. The van der Waals surface area contributed by atoms with Gasteiger partial charge in [0.05, 0.1) is 25.1 Å². The van der Waals surface area contributed by atoms with Crippen LogP contribution in [0, 0.1) is 5.92 Å². The number of esters is 1. The van der Waals surface area contributed by atoms with Gasteiger partial charge in [-0.05, 0) is 31.4 Å². The quantitative estimate of drug-likeness (QED) is 0.259. The molecule has 0 unspecified atom stereocenters. The van der Waals surface area contributed by atoms with Crippen molar-refractivity contribution in [3.05, 3.63) is 35.4 Å². The third-order valence-corrected chi connectivity index (χ3v) is 5.26. The molecule has 170 valence electrons. The first-order chi connectivity index (χ1) is 13.6. The largest absolute Gasteiger partial charge is 0.469 e. The van der Waals surface area contributed by atoms with Crippen LogP contribution in [0.5, 0.6) is 0 Å². The summed E-state index contributed by atoms with van der Waals surface area (Å²) in [5, 5.41) is 3.25. The first-order valence-corrected chi connectivity index (χ1v) is 9.87. The number of carbonyl (C=O) groups excluding carboxylic acids is 1. The number of piperidine rings is 1. The first kappa shape index (κ1) is 26.5. The zero-order valence-electron chi connectivity index (χ0n) is 17.9. The number of halogens is 4. The maximum absolute atomic E-state index is 13.1. The number of nitrogens with one attached hydrogen (secondary N) is 1. The van der Waals surface area contributed by atoms with Gasteiger partial charge in [-0.1, -0.05) is 32.0 Å². The zero-order chi connectivity index (χ0) is 21.7. The van der Waals surface area contributed by atoms with Crippen molar-refractivity contribution in [2.45, 2.75) is 45.2 Å². The molecule has 1 aromatic rings. The summed E-state index contributed by atoms with van der Waals surface area (Å²) in [6.07, 6.45) is -2.99. The van der Waals surface area contributed by atoms with E-state index in [0.29, 0.717) is 44.6 Å². The molecule has 0 aromatic heterocycles. The fourth-order valence-corrected chi connectivity index (χ4v) is 3.40. The Hall–Kier alpha value is -1.52. The van der Waals surface area contributed by atoms with Gasteiger partial charge in [-0.25, -0.2) is 0 Å². The van der Waals surface area contributed by atoms with Gasteiger partial charge in [0.2, 0.25) is 0 Å². The SMILES string of the molecule is CCNC(=NCC(C)(C)c1cccc(C(F)(F)F)c1)N1CCC(C(=O)OC)CC1.I. The van der Waals surface area contributed by atoms with Crippen molar-refractivity contribution in [1.29, 1.82) is 0 Å². The van der Waals surface area contributed by atoms with Crippen LogP contribution in [0.15, 0.2) is 29.3 Å². The lowest BCUT2D eigenvalue weighted by atomic mass is 9.84. The summed E-state index contributed by atoms with van der Waals surface area (Å²) in [5.74, 6) is 0.439. The second kappa shape index (κ2) is 11.2. The van der Waals surface area contributed by atoms with E-state index in [1.54, 1.807) is 6.07 Å². The zero-order valence-corrected chi connectivity index (χ0v) is 20.2. The standard InChI is InChI=1S/C21H30F3N3O2.HI/c1-5-25-19(27-11-9-15(10-12-27)18(28)29-4)26-14-20(2,3)16-7-6-8-17(13-16)21(22,23)24;/h6-8,13,15H,5,9-12,14H2,1-4H3,(H,25,26);1H. The molecule has 1 aromatic carbocycles. The van der Waals surface area contributed by atoms with Crippen LogP contribution in [-0.4, -0.2) is 50.1 Å². The van der Waals surface area contributed by atoms with E-state index in [2.05, 4.69) is 10.2 Å². The minimum absolute atomic E-state index is 0. The van der Waals surface area contributed by atoms with E-state index in [9.17, 15) is 18.0 Å². The monoisotopic (exact) mass is 541 g/mol. The molecule has 1 N–H and O–H groups in total. The Morgan fingerprint density at radius 2 is 1.83 bits per heavy atom. The van der Waals surface area contributed by atoms with Crippen molar-refractivity contribution >= 4 is 35.9 Å². The van der Waals surface area contributed by atoms with Gasteiger partial charge in [0.25, 0.3) is 0 Å². The molecule has 0 radical (unpaired) electrons. The van der Waals surface area contributed by atoms with Gasteiger partial charge in [0, 0.05) is 25.0 Å². The highest BCUT2D eigenvalue weighted by atomic mass is 127. The van der Waals surface area contributed by atoms with Crippen LogP contribution in [0.4, 0.5) is 13.2 Å². The maximum atomic E-state index is 13.1. The van der Waals surface area contributed by atoms with Crippen molar-refractivity contribution < 1.29 is 22.7 Å². The van der Waals surface area contributed by atoms with Crippen molar-refractivity contribution in [3.63, 3.8) is 0 Å². The van der Waals surface area contributed by atoms with Gasteiger partial charge in [-0.3, -0.25) is 9.79 Å². The van der Waals surface area contributed by atoms with E-state index in [4.69, 9.17) is 9.73 Å². The number of aliphatic imine (C=N–C) groups is 1. The highest BCUT2D eigenvalue weighted by Gasteiger charge is 2.32. The van der Waals surface area contributed by atoms with Gasteiger partial charge in [-0.2, -0.15) is 13.2 Å². The van der Waals surface area contributed by atoms with E-state index in [-0.39, 0.29) is 35.9 Å². The Bertz CT molecular complexity index is 730. The molecule has 0 amide bonds. The van der Waals surface area contributed by atoms with Crippen LogP contribution in [0.3, 0.4) is 0 Å². The van der Waals surface area contributed by atoms with Crippen molar-refractivity contribution in [2.75, 3.05) is 33.3 Å². The molecular weight excluding hydrogens is 510 g/mol. The Morgan fingerprint density at radius 3 is 2.37 bits per heavy atom. The number of alkyl halides is 3. The molecule has 0 atom stereocenters. The number of likely N-dealkylation sites (tertiary alicyclic amines) is 1.